The zero-order valence-corrected chi connectivity index (χ0v) is 30.4. The fourth-order valence-electron chi connectivity index (χ4n) is 6.38. The van der Waals surface area contributed by atoms with Crippen molar-refractivity contribution in [1.29, 1.82) is 0 Å². The maximum atomic E-state index is 2.31. The molecule has 0 N–H and O–H groups in total. The van der Waals surface area contributed by atoms with Crippen molar-refractivity contribution in [2.75, 3.05) is 9.80 Å². The Morgan fingerprint density at radius 3 is 1.12 bits per heavy atom. The molecule has 0 saturated carbocycles. The van der Waals surface area contributed by atoms with E-state index in [1.165, 1.54) is 33.4 Å². The number of nitrogens with zero attached hydrogens (tertiary/aromatic N) is 2. The molecule has 0 aliphatic heterocycles. The summed E-state index contributed by atoms with van der Waals surface area (Å²) in [5.41, 5.74) is 16.6. The summed E-state index contributed by atoms with van der Waals surface area (Å²) in [6.07, 6.45) is 8.80. The highest BCUT2D eigenvalue weighted by atomic mass is 15.1. The Balaban J connectivity index is 1.09. The quantitative estimate of drug-likeness (QED) is 0.133. The Kier molecular flexibility index (Phi) is 10.3. The zero-order valence-electron chi connectivity index (χ0n) is 30.4. The predicted molar refractivity (Wildman–Crippen MR) is 225 cm³/mol. The van der Waals surface area contributed by atoms with Crippen LogP contribution in [0.1, 0.15) is 44.5 Å². The molecule has 0 atom stereocenters. The highest BCUT2D eigenvalue weighted by Gasteiger charge is 2.14. The van der Waals surface area contributed by atoms with Crippen LogP contribution >= 0.6 is 0 Å². The van der Waals surface area contributed by atoms with Crippen LogP contribution in [0.15, 0.2) is 170 Å². The first kappa shape index (κ1) is 34.1. The third-order valence-corrected chi connectivity index (χ3v) is 9.56. The van der Waals surface area contributed by atoms with Crippen LogP contribution in [0.25, 0.3) is 24.3 Å². The molecule has 7 aromatic carbocycles. The molecular weight excluding hydrogens is 629 g/mol. The minimum Gasteiger partial charge on any atom is -0.311 e. The number of rotatable bonds is 10. The minimum atomic E-state index is 1.13. The van der Waals surface area contributed by atoms with Gasteiger partial charge in [0.25, 0.3) is 0 Å². The molecule has 0 fully saturated rings. The molecular formula is C50H44N2. The number of para-hydroxylation sites is 1. The number of aryl methyl sites for hydroxylation is 4. The molecule has 52 heavy (non-hydrogen) atoms. The van der Waals surface area contributed by atoms with Crippen molar-refractivity contribution in [2.24, 2.45) is 0 Å². The van der Waals surface area contributed by atoms with Crippen molar-refractivity contribution in [3.8, 4) is 0 Å². The first-order valence-corrected chi connectivity index (χ1v) is 17.9. The van der Waals surface area contributed by atoms with Gasteiger partial charge in [0.1, 0.15) is 0 Å². The highest BCUT2D eigenvalue weighted by Crippen LogP contribution is 2.37. The first-order valence-electron chi connectivity index (χ1n) is 17.9. The van der Waals surface area contributed by atoms with E-state index in [4.69, 9.17) is 0 Å². The average Bonchev–Trinajstić information content (AvgIpc) is 3.18. The van der Waals surface area contributed by atoms with Crippen molar-refractivity contribution in [3.05, 3.63) is 214 Å². The number of benzene rings is 7. The molecule has 0 bridgehead atoms. The van der Waals surface area contributed by atoms with E-state index in [1.807, 2.05) is 0 Å². The summed E-state index contributed by atoms with van der Waals surface area (Å²) in [7, 11) is 0. The maximum Gasteiger partial charge on any atom is 0.0464 e. The fraction of sp³-hybridized carbons (Fsp3) is 0.0800. The van der Waals surface area contributed by atoms with Crippen molar-refractivity contribution < 1.29 is 0 Å². The van der Waals surface area contributed by atoms with Crippen LogP contribution < -0.4 is 9.80 Å². The Bertz CT molecular complexity index is 2250. The molecule has 0 aromatic heterocycles. The Hall–Kier alpha value is -6.38. The molecule has 0 heterocycles. The van der Waals surface area contributed by atoms with Crippen LogP contribution in [0.3, 0.4) is 0 Å². The van der Waals surface area contributed by atoms with Crippen LogP contribution in [-0.2, 0) is 0 Å². The topological polar surface area (TPSA) is 6.48 Å². The molecule has 0 unspecified atom stereocenters. The van der Waals surface area contributed by atoms with Crippen molar-refractivity contribution in [3.63, 3.8) is 0 Å². The smallest absolute Gasteiger partial charge is 0.0464 e. The van der Waals surface area contributed by atoms with Gasteiger partial charge in [0.2, 0.25) is 0 Å². The molecule has 0 saturated heterocycles. The van der Waals surface area contributed by atoms with Gasteiger partial charge in [-0.15, -0.1) is 0 Å². The lowest BCUT2D eigenvalue weighted by molar-refractivity contribution is 1.25. The van der Waals surface area contributed by atoms with Gasteiger partial charge in [-0.1, -0.05) is 132 Å². The third kappa shape index (κ3) is 7.98. The number of anilines is 6. The Labute approximate surface area is 309 Å². The summed E-state index contributed by atoms with van der Waals surface area (Å²) in [6, 6.07) is 60.8. The summed E-state index contributed by atoms with van der Waals surface area (Å²) in [6.45, 7) is 8.58. The van der Waals surface area contributed by atoms with E-state index in [1.54, 1.807) is 0 Å². The van der Waals surface area contributed by atoms with E-state index in [9.17, 15) is 0 Å². The lowest BCUT2D eigenvalue weighted by Crippen LogP contribution is -2.10. The lowest BCUT2D eigenvalue weighted by Gasteiger charge is -2.26. The van der Waals surface area contributed by atoms with Crippen LogP contribution in [0.4, 0.5) is 34.1 Å². The average molecular weight is 673 g/mol. The van der Waals surface area contributed by atoms with Crippen molar-refractivity contribution in [2.45, 2.75) is 27.7 Å². The zero-order chi connectivity index (χ0) is 35.9. The van der Waals surface area contributed by atoms with Crippen molar-refractivity contribution >= 4 is 58.4 Å². The molecule has 7 aromatic rings. The Morgan fingerprint density at radius 2 is 0.673 bits per heavy atom. The molecule has 254 valence electrons. The third-order valence-electron chi connectivity index (χ3n) is 9.56. The standard InChI is InChI=1S/C50H44N2/c1-37-14-27-46(28-15-37)51(47-29-16-38(2)17-30-47)48-32-21-41(22-33-48)19-25-43-10-8-9-11-44(43)26-20-42-23-34-49(35-24-42)52(45-12-6-5-7-13-45)50-31-18-39(3)40(4)36-50/h5-36H,1-4H3/b25-19+,26-20+. The highest BCUT2D eigenvalue weighted by molar-refractivity contribution is 5.82. The molecule has 2 nitrogen and oxygen atoms in total. The van der Waals surface area contributed by atoms with Crippen LogP contribution in [0.2, 0.25) is 0 Å². The van der Waals surface area contributed by atoms with Crippen LogP contribution in [0.5, 0.6) is 0 Å². The largest absolute Gasteiger partial charge is 0.311 e. The summed E-state index contributed by atoms with van der Waals surface area (Å²) >= 11 is 0. The van der Waals surface area contributed by atoms with Gasteiger partial charge in [-0.25, -0.2) is 0 Å². The monoisotopic (exact) mass is 672 g/mol. The van der Waals surface area contributed by atoms with E-state index in [0.29, 0.717) is 0 Å². The number of hydrogen-bond acceptors (Lipinski definition) is 2. The summed E-state index contributed by atoms with van der Waals surface area (Å²) < 4.78 is 0. The van der Waals surface area contributed by atoms with Gasteiger partial charge in [-0.2, -0.15) is 0 Å². The fourth-order valence-corrected chi connectivity index (χ4v) is 6.38. The van der Waals surface area contributed by atoms with Gasteiger partial charge in [-0.3, -0.25) is 0 Å². The molecule has 0 aliphatic rings. The van der Waals surface area contributed by atoms with Crippen LogP contribution in [0, 0.1) is 27.7 Å². The minimum absolute atomic E-state index is 1.13. The van der Waals surface area contributed by atoms with E-state index in [0.717, 1.165) is 45.3 Å². The summed E-state index contributed by atoms with van der Waals surface area (Å²) in [4.78, 5) is 4.62. The van der Waals surface area contributed by atoms with E-state index in [2.05, 4.69) is 232 Å². The Morgan fingerprint density at radius 1 is 0.308 bits per heavy atom. The summed E-state index contributed by atoms with van der Waals surface area (Å²) in [5.74, 6) is 0. The van der Waals surface area contributed by atoms with Crippen LogP contribution in [-0.4, -0.2) is 0 Å². The van der Waals surface area contributed by atoms with Gasteiger partial charge >= 0.3 is 0 Å². The molecule has 0 spiro atoms. The summed E-state index contributed by atoms with van der Waals surface area (Å²) in [5, 5.41) is 0. The lowest BCUT2D eigenvalue weighted by atomic mass is 10.0. The first-order chi connectivity index (χ1) is 25.4. The van der Waals surface area contributed by atoms with Gasteiger partial charge in [0.15, 0.2) is 0 Å². The molecule has 7 rings (SSSR count). The van der Waals surface area contributed by atoms with Gasteiger partial charge in [0.05, 0.1) is 0 Å². The number of hydrogen-bond donors (Lipinski definition) is 0. The van der Waals surface area contributed by atoms with Gasteiger partial charge in [-0.05, 0) is 134 Å². The second kappa shape index (κ2) is 15.7. The van der Waals surface area contributed by atoms with Gasteiger partial charge < -0.3 is 9.80 Å². The van der Waals surface area contributed by atoms with Gasteiger partial charge in [0, 0.05) is 34.1 Å². The molecule has 0 radical (unpaired) electrons. The maximum absolute atomic E-state index is 2.31. The predicted octanol–water partition coefficient (Wildman–Crippen LogP) is 14.2. The SMILES string of the molecule is Cc1ccc(N(c2ccc(C)cc2)c2ccc(/C=C/c3ccccc3/C=C/c3ccc(N(c4ccccc4)c4ccc(C)c(C)c4)cc3)cc2)cc1. The van der Waals surface area contributed by atoms with E-state index >= 15 is 0 Å². The normalized spacial score (nSPS) is 11.3. The molecule has 0 amide bonds. The second-order valence-corrected chi connectivity index (χ2v) is 13.4. The van der Waals surface area contributed by atoms with E-state index < -0.39 is 0 Å². The van der Waals surface area contributed by atoms with E-state index in [-0.39, 0.29) is 0 Å². The second-order valence-electron chi connectivity index (χ2n) is 13.4. The molecule has 2 heteroatoms. The van der Waals surface area contributed by atoms with Crippen molar-refractivity contribution in [1.82, 2.24) is 0 Å². The molecule has 0 aliphatic carbocycles.